The molecule has 0 heterocycles. The van der Waals surface area contributed by atoms with Gasteiger partial charge in [-0.05, 0) is 62.5 Å². The quantitative estimate of drug-likeness (QED) is 0.148. The van der Waals surface area contributed by atoms with E-state index in [9.17, 15) is 29.7 Å². The lowest BCUT2D eigenvalue weighted by Crippen LogP contribution is -2.65. The Morgan fingerprint density at radius 3 is 2.53 bits per heavy atom. The average molecular weight is 595 g/mol. The van der Waals surface area contributed by atoms with Crippen LogP contribution in [0.1, 0.15) is 60.8 Å². The number of rotatable bonds is 10. The van der Waals surface area contributed by atoms with Crippen molar-refractivity contribution in [3.8, 4) is 0 Å². The molecule has 0 aliphatic heterocycles. The van der Waals surface area contributed by atoms with Gasteiger partial charge in [-0.15, -0.1) is 0 Å². The molecular formula is C35H46O8. The van der Waals surface area contributed by atoms with Crippen molar-refractivity contribution in [2.75, 3.05) is 13.2 Å². The molecule has 0 radical (unpaired) electrons. The Morgan fingerprint density at radius 2 is 1.88 bits per heavy atom. The number of allylic oxidation sites excluding steroid dienone is 7. The van der Waals surface area contributed by atoms with Crippen LogP contribution < -0.4 is 0 Å². The molecular weight excluding hydrogens is 548 g/mol. The van der Waals surface area contributed by atoms with E-state index in [0.29, 0.717) is 17.6 Å². The number of unbranched alkanes of at least 4 members (excludes halogenated alkanes) is 1. The number of aliphatic hydroxyl groups is 3. The minimum Gasteiger partial charge on any atom is -0.462 e. The minimum absolute atomic E-state index is 0.00151. The second-order valence-electron chi connectivity index (χ2n) is 12.9. The first-order valence-electron chi connectivity index (χ1n) is 15.3. The van der Waals surface area contributed by atoms with Crippen LogP contribution in [0.4, 0.5) is 0 Å². The molecule has 2 bridgehead atoms. The maximum atomic E-state index is 14.7. The fourth-order valence-corrected chi connectivity index (χ4v) is 7.83. The molecule has 9 atom stereocenters. The van der Waals surface area contributed by atoms with Crippen LogP contribution >= 0.6 is 0 Å². The number of hydrogen-bond donors (Lipinski definition) is 3. The second-order valence-corrected chi connectivity index (χ2v) is 12.9. The van der Waals surface area contributed by atoms with E-state index < -0.39 is 59.0 Å². The zero-order valence-electron chi connectivity index (χ0n) is 26.1. The van der Waals surface area contributed by atoms with Crippen LogP contribution in [0.15, 0.2) is 71.4 Å². The van der Waals surface area contributed by atoms with Crippen molar-refractivity contribution in [3.63, 3.8) is 0 Å². The van der Waals surface area contributed by atoms with Gasteiger partial charge >= 0.3 is 11.9 Å². The molecule has 0 aromatic carbocycles. The maximum absolute atomic E-state index is 14.7. The summed E-state index contributed by atoms with van der Waals surface area (Å²) in [5.74, 6) is -2.82. The highest BCUT2D eigenvalue weighted by atomic mass is 16.6. The summed E-state index contributed by atoms with van der Waals surface area (Å²) in [4.78, 5) is 40.0. The summed E-state index contributed by atoms with van der Waals surface area (Å²) < 4.78 is 11.4. The van der Waals surface area contributed by atoms with E-state index in [-0.39, 0.29) is 29.8 Å². The number of ether oxygens (including phenoxy) is 2. The molecule has 4 aliphatic carbocycles. The number of ketones is 1. The fourth-order valence-electron chi connectivity index (χ4n) is 7.83. The van der Waals surface area contributed by atoms with Crippen LogP contribution in [-0.2, 0) is 23.9 Å². The van der Waals surface area contributed by atoms with Crippen molar-refractivity contribution >= 4 is 17.7 Å². The Morgan fingerprint density at radius 1 is 1.19 bits per heavy atom. The summed E-state index contributed by atoms with van der Waals surface area (Å²) >= 11 is 0. The summed E-state index contributed by atoms with van der Waals surface area (Å²) in [5.41, 5.74) is -3.19. The molecule has 43 heavy (non-hydrogen) atoms. The summed E-state index contributed by atoms with van der Waals surface area (Å²) in [6.45, 7) is 10.6. The predicted molar refractivity (Wildman–Crippen MR) is 162 cm³/mol. The van der Waals surface area contributed by atoms with Crippen molar-refractivity contribution in [1.29, 1.82) is 0 Å². The third-order valence-corrected chi connectivity index (χ3v) is 10.4. The molecule has 2 saturated carbocycles. The molecule has 0 aromatic rings. The zero-order valence-corrected chi connectivity index (χ0v) is 26.1. The monoisotopic (exact) mass is 594 g/mol. The SMILES string of the molecule is C/C=C(/C)C(=O)OCC1(C)C2CC(C)C34C=C(C)C(OC(=O)/C=C/C=C/C=C/CCC)C3(O)C(O)C(CO)=CC(C4=O)C21. The average Bonchev–Trinajstić information content (AvgIpc) is 3.52. The Balaban J connectivity index is 1.66. The normalized spacial score (nSPS) is 38.8. The van der Waals surface area contributed by atoms with Gasteiger partial charge in [0, 0.05) is 23.0 Å². The van der Waals surface area contributed by atoms with Gasteiger partial charge in [0.25, 0.3) is 0 Å². The van der Waals surface area contributed by atoms with Crippen molar-refractivity contribution in [3.05, 3.63) is 71.4 Å². The first-order chi connectivity index (χ1) is 20.3. The molecule has 4 rings (SSSR count). The van der Waals surface area contributed by atoms with Crippen LogP contribution in [0.5, 0.6) is 0 Å². The van der Waals surface area contributed by atoms with Gasteiger partial charge in [0.2, 0.25) is 0 Å². The van der Waals surface area contributed by atoms with E-state index in [0.717, 1.165) is 12.8 Å². The van der Waals surface area contributed by atoms with E-state index in [1.165, 1.54) is 12.2 Å². The smallest absolute Gasteiger partial charge is 0.333 e. The van der Waals surface area contributed by atoms with Crippen molar-refractivity contribution in [2.24, 2.45) is 34.5 Å². The lowest BCUT2D eigenvalue weighted by atomic mass is 9.59. The molecule has 8 heteroatoms. The van der Waals surface area contributed by atoms with E-state index in [1.54, 1.807) is 51.2 Å². The number of carbonyl (C=O) groups is 3. The van der Waals surface area contributed by atoms with Crippen molar-refractivity contribution in [1.82, 2.24) is 0 Å². The Kier molecular flexibility index (Phi) is 9.55. The molecule has 9 unspecified atom stereocenters. The van der Waals surface area contributed by atoms with Crippen LogP contribution in [-0.4, -0.2) is 64.1 Å². The summed E-state index contributed by atoms with van der Waals surface area (Å²) in [6.07, 6.45) is 14.7. The highest BCUT2D eigenvalue weighted by Crippen LogP contribution is 2.72. The van der Waals surface area contributed by atoms with Crippen LogP contribution in [0.3, 0.4) is 0 Å². The largest absolute Gasteiger partial charge is 0.462 e. The first-order valence-corrected chi connectivity index (χ1v) is 15.3. The summed E-state index contributed by atoms with van der Waals surface area (Å²) in [7, 11) is 0. The standard InChI is InChI=1S/C35H46O8/c1-7-9-10-11-12-13-14-15-27(37)43-31-22(4)18-34-23(5)16-26-28(33(26,6)20-42-32(40)21(3)8-2)25(30(34)39)17-24(19-36)29(38)35(31,34)41/h8,10-15,17-18,23,25-26,28-29,31,36,38,41H,7,9,16,19-20H2,1-6H3/b11-10+,13-12+,15-14+,21-8-. The van der Waals surface area contributed by atoms with Crippen LogP contribution in [0.2, 0.25) is 0 Å². The topological polar surface area (TPSA) is 130 Å². The fraction of sp³-hybridized carbons (Fsp3) is 0.571. The van der Waals surface area contributed by atoms with Crippen molar-refractivity contribution in [2.45, 2.75) is 78.6 Å². The third-order valence-electron chi connectivity index (χ3n) is 10.4. The Labute approximate surface area is 254 Å². The van der Waals surface area contributed by atoms with Gasteiger partial charge in [0.15, 0.2) is 17.5 Å². The van der Waals surface area contributed by atoms with Gasteiger partial charge in [-0.2, -0.15) is 0 Å². The molecule has 0 amide bonds. The number of hydrogen-bond acceptors (Lipinski definition) is 8. The highest BCUT2D eigenvalue weighted by Gasteiger charge is 2.77. The third kappa shape index (κ3) is 5.32. The van der Waals surface area contributed by atoms with Crippen LogP contribution in [0.25, 0.3) is 0 Å². The summed E-state index contributed by atoms with van der Waals surface area (Å²) in [6, 6.07) is 0. The van der Waals surface area contributed by atoms with Gasteiger partial charge in [0.1, 0.15) is 6.10 Å². The van der Waals surface area contributed by atoms with Gasteiger partial charge in [-0.25, -0.2) is 9.59 Å². The maximum Gasteiger partial charge on any atom is 0.333 e. The number of esters is 2. The summed E-state index contributed by atoms with van der Waals surface area (Å²) in [5, 5.41) is 34.5. The molecule has 0 saturated heterocycles. The molecule has 8 nitrogen and oxygen atoms in total. The zero-order chi connectivity index (χ0) is 31.7. The predicted octanol–water partition coefficient (Wildman–Crippen LogP) is 4.32. The first kappa shape index (κ1) is 32.8. The Bertz CT molecular complexity index is 1320. The Hall–Kier alpha value is -3.07. The van der Waals surface area contributed by atoms with Gasteiger partial charge < -0.3 is 24.8 Å². The second kappa shape index (κ2) is 12.5. The number of Topliss-reactive ketones (excluding diaryl/α,β-unsaturated/α-hetero) is 1. The van der Waals surface area contributed by atoms with Gasteiger partial charge in [0.05, 0.1) is 18.6 Å². The van der Waals surface area contributed by atoms with E-state index in [4.69, 9.17) is 9.47 Å². The minimum atomic E-state index is -2.22. The highest BCUT2D eigenvalue weighted by molar-refractivity contribution is 5.95. The van der Waals surface area contributed by atoms with E-state index >= 15 is 0 Å². The van der Waals surface area contributed by atoms with Gasteiger partial charge in [-0.1, -0.05) is 75.8 Å². The van der Waals surface area contributed by atoms with E-state index in [2.05, 4.69) is 6.92 Å². The van der Waals surface area contributed by atoms with Crippen molar-refractivity contribution < 1.29 is 39.2 Å². The molecule has 234 valence electrons. The van der Waals surface area contributed by atoms with E-state index in [1.807, 2.05) is 26.0 Å². The van der Waals surface area contributed by atoms with Crippen LogP contribution in [0, 0.1) is 34.5 Å². The molecule has 1 spiro atoms. The molecule has 4 aliphatic rings. The number of aliphatic hydroxyl groups excluding tert-OH is 2. The lowest BCUT2D eigenvalue weighted by Gasteiger charge is -2.48. The number of carbonyl (C=O) groups excluding carboxylic acids is 3. The molecule has 0 aromatic heterocycles. The van der Waals surface area contributed by atoms with Gasteiger partial charge in [-0.3, -0.25) is 4.79 Å². The number of fused-ring (bicyclic) bond motifs is 3. The molecule has 2 fully saturated rings. The lowest BCUT2D eigenvalue weighted by molar-refractivity contribution is -0.201. The molecule has 3 N–H and O–H groups in total.